The quantitative estimate of drug-likeness (QED) is 0.567. The minimum atomic E-state index is -0.667. The monoisotopic (exact) mass is 352 g/mol. The molecule has 0 saturated carbocycles. The summed E-state index contributed by atoms with van der Waals surface area (Å²) in [5.41, 5.74) is 5.07. The molecule has 0 bridgehead atoms. The van der Waals surface area contributed by atoms with Crippen LogP contribution in [0.4, 0.5) is 0 Å². The van der Waals surface area contributed by atoms with Crippen molar-refractivity contribution in [1.82, 2.24) is 0 Å². The van der Waals surface area contributed by atoms with Gasteiger partial charge in [-0.25, -0.2) is 0 Å². The number of ether oxygens (including phenoxy) is 2. The van der Waals surface area contributed by atoms with E-state index in [1.807, 2.05) is 32.9 Å². The van der Waals surface area contributed by atoms with E-state index in [1.165, 1.54) is 6.92 Å². The van der Waals surface area contributed by atoms with Crippen LogP contribution >= 0.6 is 0 Å². The summed E-state index contributed by atoms with van der Waals surface area (Å²) in [6, 6.07) is 3.89. The molecule has 4 nitrogen and oxygen atoms in total. The van der Waals surface area contributed by atoms with E-state index in [0.717, 1.165) is 27.8 Å². The molecule has 0 aliphatic heterocycles. The van der Waals surface area contributed by atoms with Gasteiger partial charge in [-0.2, -0.15) is 0 Å². The van der Waals surface area contributed by atoms with Gasteiger partial charge in [-0.15, -0.1) is 0 Å². The topological polar surface area (TPSA) is 52.6 Å². The zero-order valence-electron chi connectivity index (χ0n) is 15.7. The average molecular weight is 352 g/mol. The molecule has 0 unspecified atom stereocenters. The zero-order chi connectivity index (χ0) is 19.0. The number of Topliss-reactive ketones (excluding diaryl/α,β-unsaturated/α-hetero) is 1. The van der Waals surface area contributed by atoms with Crippen LogP contribution in [0.2, 0.25) is 0 Å². The maximum absolute atomic E-state index is 12.5. The molecular weight excluding hydrogens is 328 g/mol. The molecule has 136 valence electrons. The molecular formula is C22H24O4. The Hall–Kier alpha value is -2.62. The van der Waals surface area contributed by atoms with E-state index in [1.54, 1.807) is 12.2 Å². The second-order valence-corrected chi connectivity index (χ2v) is 6.75. The van der Waals surface area contributed by atoms with Crippen molar-refractivity contribution >= 4 is 17.1 Å². The van der Waals surface area contributed by atoms with Crippen molar-refractivity contribution in [3.63, 3.8) is 0 Å². The largest absolute Gasteiger partial charge is 0.490 e. The van der Waals surface area contributed by atoms with Crippen LogP contribution in [-0.2, 0) is 9.59 Å². The first kappa shape index (κ1) is 18.2. The van der Waals surface area contributed by atoms with E-state index in [2.05, 4.69) is 6.58 Å². The van der Waals surface area contributed by atoms with Crippen LogP contribution < -0.4 is 9.47 Å². The molecule has 3 rings (SSSR count). The molecule has 0 spiro atoms. The average Bonchev–Trinajstić information content (AvgIpc) is 2.85. The van der Waals surface area contributed by atoms with Gasteiger partial charge in [0.2, 0.25) is 0 Å². The number of benzene rings is 1. The van der Waals surface area contributed by atoms with Crippen molar-refractivity contribution in [2.24, 2.45) is 5.92 Å². The first-order valence-electron chi connectivity index (χ1n) is 8.89. The Morgan fingerprint density at radius 3 is 2.54 bits per heavy atom. The number of hydrogen-bond donors (Lipinski definition) is 0. The number of ketones is 2. The highest BCUT2D eigenvalue weighted by Crippen LogP contribution is 2.53. The van der Waals surface area contributed by atoms with E-state index in [-0.39, 0.29) is 17.5 Å². The maximum Gasteiger partial charge on any atom is 0.167 e. The maximum atomic E-state index is 12.5. The zero-order valence-corrected chi connectivity index (χ0v) is 15.7. The van der Waals surface area contributed by atoms with Crippen LogP contribution in [0.5, 0.6) is 11.5 Å². The lowest BCUT2D eigenvalue weighted by Crippen LogP contribution is -2.31. The molecule has 26 heavy (non-hydrogen) atoms. The summed E-state index contributed by atoms with van der Waals surface area (Å²) < 4.78 is 11.5. The van der Waals surface area contributed by atoms with Gasteiger partial charge in [-0.05, 0) is 73.7 Å². The fraction of sp³-hybridized carbons (Fsp3) is 0.364. The van der Waals surface area contributed by atoms with E-state index < -0.39 is 5.92 Å². The molecule has 0 amide bonds. The molecule has 4 heteroatoms. The van der Waals surface area contributed by atoms with E-state index >= 15 is 0 Å². The Kier molecular flexibility index (Phi) is 4.86. The van der Waals surface area contributed by atoms with Crippen LogP contribution in [0.3, 0.4) is 0 Å². The van der Waals surface area contributed by atoms with E-state index in [0.29, 0.717) is 24.7 Å². The SMILES string of the molecule is C=CCOc1cc2c(cc1OCC)[C@H]1C(=C2C)C(C)=CC(=O)[C@H]1C(C)=O. The van der Waals surface area contributed by atoms with Gasteiger partial charge in [0.15, 0.2) is 17.3 Å². The summed E-state index contributed by atoms with van der Waals surface area (Å²) in [5, 5.41) is 0. The molecule has 2 aliphatic carbocycles. The number of fused-ring (bicyclic) bond motifs is 3. The lowest BCUT2D eigenvalue weighted by Gasteiger charge is -2.28. The third-order valence-electron chi connectivity index (χ3n) is 5.09. The minimum Gasteiger partial charge on any atom is -0.490 e. The molecule has 0 heterocycles. The Bertz CT molecular complexity index is 857. The van der Waals surface area contributed by atoms with Crippen molar-refractivity contribution < 1.29 is 19.1 Å². The van der Waals surface area contributed by atoms with Crippen LogP contribution in [0.25, 0.3) is 5.57 Å². The highest BCUT2D eigenvalue weighted by molar-refractivity contribution is 6.11. The Morgan fingerprint density at radius 1 is 1.23 bits per heavy atom. The molecule has 1 aromatic rings. The van der Waals surface area contributed by atoms with Gasteiger partial charge in [0.05, 0.1) is 12.5 Å². The molecule has 1 aromatic carbocycles. The van der Waals surface area contributed by atoms with Gasteiger partial charge >= 0.3 is 0 Å². The molecule has 2 aliphatic rings. The number of allylic oxidation sites excluding steroid dienone is 4. The predicted molar refractivity (Wildman–Crippen MR) is 102 cm³/mol. The lowest BCUT2D eigenvalue weighted by molar-refractivity contribution is -0.129. The van der Waals surface area contributed by atoms with Gasteiger partial charge in [-0.1, -0.05) is 12.7 Å². The van der Waals surface area contributed by atoms with Gasteiger partial charge in [0.25, 0.3) is 0 Å². The van der Waals surface area contributed by atoms with Gasteiger partial charge in [0, 0.05) is 5.92 Å². The van der Waals surface area contributed by atoms with Crippen molar-refractivity contribution in [3.05, 3.63) is 53.1 Å². The second kappa shape index (κ2) is 6.94. The molecule has 0 aromatic heterocycles. The first-order chi connectivity index (χ1) is 12.4. The molecule has 0 fully saturated rings. The number of carbonyl (C=O) groups excluding carboxylic acids is 2. The molecule has 0 radical (unpaired) electrons. The summed E-state index contributed by atoms with van der Waals surface area (Å²) >= 11 is 0. The summed E-state index contributed by atoms with van der Waals surface area (Å²) in [5.74, 6) is 0.147. The van der Waals surface area contributed by atoms with E-state index in [4.69, 9.17) is 9.47 Å². The Labute approximate surface area is 154 Å². The van der Waals surface area contributed by atoms with Gasteiger partial charge < -0.3 is 9.47 Å². The Morgan fingerprint density at radius 2 is 1.92 bits per heavy atom. The third-order valence-corrected chi connectivity index (χ3v) is 5.09. The van der Waals surface area contributed by atoms with Crippen molar-refractivity contribution in [1.29, 1.82) is 0 Å². The standard InChI is InChI=1S/C22H24O4/c1-6-8-26-19-10-15-13(4)20-12(3)9-17(24)21(14(5)23)22(20)16(15)11-18(19)25-7-2/h6,9-11,21-22H,1,7-8H2,2-5H3/t21-,22+/m1/s1. The highest BCUT2D eigenvalue weighted by atomic mass is 16.5. The molecule has 2 atom stereocenters. The van der Waals surface area contributed by atoms with Crippen molar-refractivity contribution in [2.45, 2.75) is 33.6 Å². The third kappa shape index (κ3) is 2.79. The van der Waals surface area contributed by atoms with Crippen LogP contribution in [-0.4, -0.2) is 24.8 Å². The highest BCUT2D eigenvalue weighted by Gasteiger charge is 2.44. The normalized spacial score (nSPS) is 21.1. The lowest BCUT2D eigenvalue weighted by atomic mass is 9.72. The summed E-state index contributed by atoms with van der Waals surface area (Å²) in [7, 11) is 0. The fourth-order valence-electron chi connectivity index (χ4n) is 4.09. The van der Waals surface area contributed by atoms with Gasteiger partial charge in [-0.3, -0.25) is 9.59 Å². The summed E-state index contributed by atoms with van der Waals surface area (Å²) in [6.07, 6.45) is 3.29. The summed E-state index contributed by atoms with van der Waals surface area (Å²) in [4.78, 5) is 24.8. The number of hydrogen-bond acceptors (Lipinski definition) is 4. The van der Waals surface area contributed by atoms with Crippen LogP contribution in [0.1, 0.15) is 44.7 Å². The van der Waals surface area contributed by atoms with Gasteiger partial charge in [0.1, 0.15) is 12.4 Å². The second-order valence-electron chi connectivity index (χ2n) is 6.75. The van der Waals surface area contributed by atoms with Crippen molar-refractivity contribution in [3.8, 4) is 11.5 Å². The van der Waals surface area contributed by atoms with Crippen molar-refractivity contribution in [2.75, 3.05) is 13.2 Å². The summed E-state index contributed by atoms with van der Waals surface area (Å²) in [6.45, 7) is 11.9. The molecule has 0 saturated heterocycles. The Balaban J connectivity index is 2.20. The molecule has 0 N–H and O–H groups in total. The minimum absolute atomic E-state index is 0.105. The predicted octanol–water partition coefficient (Wildman–Crippen LogP) is 4.26. The van der Waals surface area contributed by atoms with E-state index in [9.17, 15) is 9.59 Å². The van der Waals surface area contributed by atoms with Crippen LogP contribution in [0, 0.1) is 5.92 Å². The number of carbonyl (C=O) groups is 2. The van der Waals surface area contributed by atoms with Crippen LogP contribution in [0.15, 0.2) is 42.0 Å². The first-order valence-corrected chi connectivity index (χ1v) is 8.89. The smallest absolute Gasteiger partial charge is 0.167 e. The fourth-order valence-corrected chi connectivity index (χ4v) is 4.09. The number of rotatable bonds is 6.